The second-order valence-electron chi connectivity index (χ2n) is 5.20. The highest BCUT2D eigenvalue weighted by molar-refractivity contribution is 6.04. The molecule has 1 amide bonds. The molecule has 0 spiro atoms. The van der Waals surface area contributed by atoms with Crippen molar-refractivity contribution in [3.05, 3.63) is 72.1 Å². The lowest BCUT2D eigenvalue weighted by molar-refractivity contribution is 0.102. The van der Waals surface area contributed by atoms with E-state index in [-0.39, 0.29) is 17.2 Å². The van der Waals surface area contributed by atoms with Crippen LogP contribution in [0.4, 0.5) is 26.1 Å². The monoisotopic (exact) mass is 356 g/mol. The number of ether oxygens (including phenoxy) is 1. The Morgan fingerprint density at radius 3 is 2.46 bits per heavy atom. The Morgan fingerprint density at radius 1 is 1.04 bits per heavy atom. The van der Waals surface area contributed by atoms with Crippen LogP contribution >= 0.6 is 0 Å². The summed E-state index contributed by atoms with van der Waals surface area (Å²) in [6.07, 6.45) is 2.64. The second-order valence-corrected chi connectivity index (χ2v) is 5.20. The van der Waals surface area contributed by atoms with E-state index in [9.17, 15) is 13.6 Å². The predicted molar refractivity (Wildman–Crippen MR) is 92.6 cm³/mol. The molecule has 3 aromatic rings. The zero-order chi connectivity index (χ0) is 18.5. The summed E-state index contributed by atoms with van der Waals surface area (Å²) in [5.41, 5.74) is 1.03. The summed E-state index contributed by atoms with van der Waals surface area (Å²) in [6, 6.07) is 10.3. The van der Waals surface area contributed by atoms with E-state index in [1.165, 1.54) is 25.6 Å². The van der Waals surface area contributed by atoms with Crippen molar-refractivity contribution in [3.63, 3.8) is 0 Å². The third-order valence-electron chi connectivity index (χ3n) is 3.44. The molecule has 3 rings (SSSR count). The fourth-order valence-electron chi connectivity index (χ4n) is 2.16. The number of rotatable bonds is 5. The minimum absolute atomic E-state index is 0.143. The van der Waals surface area contributed by atoms with Crippen LogP contribution < -0.4 is 15.4 Å². The van der Waals surface area contributed by atoms with Gasteiger partial charge in [0.1, 0.15) is 5.75 Å². The number of hydrogen-bond donors (Lipinski definition) is 2. The van der Waals surface area contributed by atoms with Crippen molar-refractivity contribution in [2.75, 3.05) is 17.7 Å². The van der Waals surface area contributed by atoms with Crippen molar-refractivity contribution in [1.82, 2.24) is 9.97 Å². The molecule has 0 saturated heterocycles. The molecule has 0 bridgehead atoms. The average Bonchev–Trinajstić information content (AvgIpc) is 2.66. The first-order valence-electron chi connectivity index (χ1n) is 7.55. The van der Waals surface area contributed by atoms with E-state index in [0.29, 0.717) is 11.4 Å². The van der Waals surface area contributed by atoms with Crippen molar-refractivity contribution in [3.8, 4) is 5.75 Å². The summed E-state index contributed by atoms with van der Waals surface area (Å²) in [5.74, 6) is -1.67. The van der Waals surface area contributed by atoms with E-state index in [1.807, 2.05) is 0 Å². The van der Waals surface area contributed by atoms with Gasteiger partial charge in [0.15, 0.2) is 11.6 Å². The van der Waals surface area contributed by atoms with Crippen molar-refractivity contribution in [2.24, 2.45) is 0 Å². The van der Waals surface area contributed by atoms with Crippen molar-refractivity contribution >= 4 is 23.2 Å². The van der Waals surface area contributed by atoms with Gasteiger partial charge in [0, 0.05) is 24.1 Å². The molecule has 0 saturated carbocycles. The standard InChI is InChI=1S/C18H14F2N4O2/c1-26-16-5-3-2-4-15(16)24-17(25)11-9-21-18(22-10-11)23-12-6-7-13(19)14(20)8-12/h2-10H,1H3,(H,24,25)(H,21,22,23). The van der Waals surface area contributed by atoms with Crippen LogP contribution in [0, 0.1) is 11.6 Å². The van der Waals surface area contributed by atoms with Gasteiger partial charge in [-0.1, -0.05) is 12.1 Å². The summed E-state index contributed by atoms with van der Waals surface area (Å²) in [5, 5.41) is 5.43. The topological polar surface area (TPSA) is 76.1 Å². The molecular formula is C18H14F2N4O2. The molecule has 2 aromatic carbocycles. The molecule has 0 aliphatic carbocycles. The summed E-state index contributed by atoms with van der Waals surface area (Å²) in [7, 11) is 1.51. The normalized spacial score (nSPS) is 10.3. The van der Waals surface area contributed by atoms with Crippen LogP contribution in [0.2, 0.25) is 0 Å². The van der Waals surface area contributed by atoms with Gasteiger partial charge in [-0.2, -0.15) is 0 Å². The average molecular weight is 356 g/mol. The first kappa shape index (κ1) is 17.3. The summed E-state index contributed by atoms with van der Waals surface area (Å²) >= 11 is 0. The Hall–Kier alpha value is -3.55. The van der Waals surface area contributed by atoms with Crippen LogP contribution in [0.1, 0.15) is 10.4 Å². The number of amides is 1. The van der Waals surface area contributed by atoms with Gasteiger partial charge in [-0.3, -0.25) is 4.79 Å². The molecule has 1 heterocycles. The number of benzene rings is 2. The molecule has 2 N–H and O–H groups in total. The van der Waals surface area contributed by atoms with Crippen LogP contribution in [0.3, 0.4) is 0 Å². The third-order valence-corrected chi connectivity index (χ3v) is 3.44. The molecular weight excluding hydrogens is 342 g/mol. The molecule has 8 heteroatoms. The fraction of sp³-hybridized carbons (Fsp3) is 0.0556. The molecule has 0 radical (unpaired) electrons. The number of para-hydroxylation sites is 2. The predicted octanol–water partition coefficient (Wildman–Crippen LogP) is 3.76. The number of methoxy groups -OCH3 is 1. The SMILES string of the molecule is COc1ccccc1NC(=O)c1cnc(Nc2ccc(F)c(F)c2)nc1. The molecule has 0 atom stereocenters. The molecule has 0 aliphatic heterocycles. The number of hydrogen-bond acceptors (Lipinski definition) is 5. The highest BCUT2D eigenvalue weighted by atomic mass is 19.2. The number of carbonyl (C=O) groups is 1. The lowest BCUT2D eigenvalue weighted by Crippen LogP contribution is -2.13. The zero-order valence-electron chi connectivity index (χ0n) is 13.7. The largest absolute Gasteiger partial charge is 0.495 e. The van der Waals surface area contributed by atoms with E-state index >= 15 is 0 Å². The van der Waals surface area contributed by atoms with Gasteiger partial charge in [-0.05, 0) is 24.3 Å². The maximum absolute atomic E-state index is 13.2. The number of anilines is 3. The van der Waals surface area contributed by atoms with Gasteiger partial charge in [-0.25, -0.2) is 18.7 Å². The van der Waals surface area contributed by atoms with Gasteiger partial charge in [0.2, 0.25) is 5.95 Å². The Kier molecular flexibility index (Phi) is 5.02. The minimum Gasteiger partial charge on any atom is -0.495 e. The molecule has 26 heavy (non-hydrogen) atoms. The number of nitrogens with one attached hydrogen (secondary N) is 2. The first-order valence-corrected chi connectivity index (χ1v) is 7.55. The van der Waals surface area contributed by atoms with Crippen LogP contribution in [0.5, 0.6) is 5.75 Å². The maximum Gasteiger partial charge on any atom is 0.258 e. The fourth-order valence-corrected chi connectivity index (χ4v) is 2.16. The molecule has 6 nitrogen and oxygen atoms in total. The number of halogens is 2. The maximum atomic E-state index is 13.2. The molecule has 1 aromatic heterocycles. The van der Waals surface area contributed by atoms with Gasteiger partial charge in [0.25, 0.3) is 5.91 Å². The van der Waals surface area contributed by atoms with E-state index in [0.717, 1.165) is 12.1 Å². The van der Waals surface area contributed by atoms with Gasteiger partial charge in [0.05, 0.1) is 18.4 Å². The Labute approximate surface area is 147 Å². The quantitative estimate of drug-likeness (QED) is 0.728. The van der Waals surface area contributed by atoms with Gasteiger partial charge >= 0.3 is 0 Å². The van der Waals surface area contributed by atoms with Crippen molar-refractivity contribution in [1.29, 1.82) is 0 Å². The minimum atomic E-state index is -0.984. The molecule has 132 valence electrons. The summed E-state index contributed by atoms with van der Waals surface area (Å²) < 4.78 is 31.3. The van der Waals surface area contributed by atoms with Crippen LogP contribution in [0.15, 0.2) is 54.9 Å². The van der Waals surface area contributed by atoms with Crippen LogP contribution in [-0.4, -0.2) is 23.0 Å². The Morgan fingerprint density at radius 2 is 1.77 bits per heavy atom. The number of carbonyl (C=O) groups excluding carboxylic acids is 1. The van der Waals surface area contributed by atoms with E-state index in [2.05, 4.69) is 20.6 Å². The highest BCUT2D eigenvalue weighted by Crippen LogP contribution is 2.23. The zero-order valence-corrected chi connectivity index (χ0v) is 13.7. The molecule has 0 unspecified atom stereocenters. The number of nitrogens with zero attached hydrogens (tertiary/aromatic N) is 2. The van der Waals surface area contributed by atoms with Crippen LogP contribution in [-0.2, 0) is 0 Å². The van der Waals surface area contributed by atoms with Crippen molar-refractivity contribution < 1.29 is 18.3 Å². The summed E-state index contributed by atoms with van der Waals surface area (Å²) in [6.45, 7) is 0. The van der Waals surface area contributed by atoms with Gasteiger partial charge in [-0.15, -0.1) is 0 Å². The van der Waals surface area contributed by atoms with Crippen LogP contribution in [0.25, 0.3) is 0 Å². The Bertz CT molecular complexity index is 933. The smallest absolute Gasteiger partial charge is 0.258 e. The van der Waals surface area contributed by atoms with E-state index < -0.39 is 17.5 Å². The van der Waals surface area contributed by atoms with E-state index in [1.54, 1.807) is 24.3 Å². The second kappa shape index (κ2) is 7.56. The Balaban J connectivity index is 1.70. The van der Waals surface area contributed by atoms with Crippen molar-refractivity contribution in [2.45, 2.75) is 0 Å². The van der Waals surface area contributed by atoms with Gasteiger partial charge < -0.3 is 15.4 Å². The molecule has 0 fully saturated rings. The summed E-state index contributed by atoms with van der Waals surface area (Å²) in [4.78, 5) is 20.3. The third kappa shape index (κ3) is 3.92. The lowest BCUT2D eigenvalue weighted by Gasteiger charge is -2.10. The lowest BCUT2D eigenvalue weighted by atomic mass is 10.2. The number of aromatic nitrogens is 2. The molecule has 0 aliphatic rings. The highest BCUT2D eigenvalue weighted by Gasteiger charge is 2.11. The van der Waals surface area contributed by atoms with E-state index in [4.69, 9.17) is 4.74 Å². The first-order chi connectivity index (χ1) is 12.6.